The minimum atomic E-state index is -5.75. The molecule has 10 rings (SSSR count). The number of aromatic amines is 2. The molecule has 0 radical (unpaired) electrons. The first-order chi connectivity index (χ1) is 39.1. The number of aliphatic hydroxyl groups excluding tert-OH is 6. The molecule has 4 saturated heterocycles. The van der Waals surface area contributed by atoms with Crippen molar-refractivity contribution < 1.29 is 105 Å². The molecule has 452 valence electrons. The molecular weight excluding hydrogens is 1190 g/mol. The summed E-state index contributed by atoms with van der Waals surface area (Å²) >= 11 is 0. The molecule has 19 atom stereocenters. The van der Waals surface area contributed by atoms with Crippen LogP contribution in [-0.2, 0) is 59.8 Å². The summed E-state index contributed by atoms with van der Waals surface area (Å²) in [6.45, 7) is -4.49. The molecule has 4 aliphatic rings. The smallest absolute Gasteiger partial charge is 0.394 e. The Kier molecular flexibility index (Phi) is 16.5. The van der Waals surface area contributed by atoms with E-state index >= 15 is 0 Å². The number of H-pyrrole nitrogens is 2. The molecule has 10 heterocycles. The second kappa shape index (κ2) is 22.9. The van der Waals surface area contributed by atoms with Crippen LogP contribution < -0.4 is 45.4 Å². The fourth-order valence-electron chi connectivity index (χ4n) is 9.34. The Hall–Kier alpha value is -6.41. The quantitative estimate of drug-likeness (QED) is 0.0316. The number of nitrogens with zero attached hydrogens (tertiary/aromatic N) is 10. The van der Waals surface area contributed by atoms with Gasteiger partial charge in [-0.3, -0.25) is 65.0 Å². The lowest BCUT2D eigenvalue weighted by molar-refractivity contribution is -0.0644. The molecule has 0 aromatic carbocycles. The molecule has 83 heavy (non-hydrogen) atoms. The van der Waals surface area contributed by atoms with Crippen LogP contribution in [0.2, 0.25) is 0 Å². The van der Waals surface area contributed by atoms with Crippen molar-refractivity contribution in [2.75, 3.05) is 49.4 Å². The van der Waals surface area contributed by atoms with Crippen LogP contribution >= 0.6 is 23.5 Å². The number of phosphoric acid groups is 3. The van der Waals surface area contributed by atoms with Gasteiger partial charge in [0.05, 0.1) is 39.1 Å². The number of anilines is 4. The van der Waals surface area contributed by atoms with E-state index < -0.39 is 182 Å². The van der Waals surface area contributed by atoms with E-state index in [1.165, 1.54) is 0 Å². The van der Waals surface area contributed by atoms with E-state index in [1.807, 2.05) is 0 Å². The van der Waals surface area contributed by atoms with Crippen LogP contribution in [0.1, 0.15) is 24.9 Å². The summed E-state index contributed by atoms with van der Waals surface area (Å²) in [4.78, 5) is 110. The molecule has 45 heteroatoms. The summed E-state index contributed by atoms with van der Waals surface area (Å²) in [7, 11) is -16.8. The van der Waals surface area contributed by atoms with E-state index in [4.69, 9.17) is 69.0 Å². The number of nitrogens with two attached hydrogens (primary N) is 4. The number of nitrogens with one attached hydrogen (secondary N) is 2. The van der Waals surface area contributed by atoms with Crippen LogP contribution in [0.3, 0.4) is 0 Å². The Balaban J connectivity index is 0.862. The normalized spacial score (nSPS) is 32.3. The molecule has 6 aromatic heterocycles. The van der Waals surface area contributed by atoms with Gasteiger partial charge in [0.15, 0.2) is 41.7 Å². The SMILES string of the molecule is Nc1ccn([C@@H]2O[C@H](COP(=O)(O)O[C@H]3[C@@H](O)[C@H](n4cnc5c(N)[nH]c(=O)nc54)O[C@@H]3CO)[C@@H](OP(=O)(O)OC[C@H]3O[C@@H](n4cnc5c(=O)[nH]c(N)nc54)[C@H](O)[C@@H]3OP(=O)(O)OC[C@H]3O[C@@H](n4ccc(=O)nc4N)[C@H](O)[C@@H]3O)[C@H]2O)c(=O)n1. The maximum absolute atomic E-state index is 14.0. The number of rotatable bonds is 20. The first kappa shape index (κ1) is 59.7. The van der Waals surface area contributed by atoms with Gasteiger partial charge >= 0.3 is 34.8 Å². The average Bonchev–Trinajstić information content (AvgIpc) is 3.02. The lowest BCUT2D eigenvalue weighted by atomic mass is 10.1. The molecular formula is C38H49N16O26P3. The van der Waals surface area contributed by atoms with Crippen LogP contribution in [0.5, 0.6) is 0 Å². The van der Waals surface area contributed by atoms with Gasteiger partial charge in [-0.05, 0) is 6.07 Å². The lowest BCUT2D eigenvalue weighted by Crippen LogP contribution is -2.39. The van der Waals surface area contributed by atoms with Gasteiger partial charge in [0, 0.05) is 18.5 Å². The molecule has 19 N–H and O–H groups in total. The highest BCUT2D eigenvalue weighted by Gasteiger charge is 2.55. The molecule has 0 aliphatic carbocycles. The highest BCUT2D eigenvalue weighted by molar-refractivity contribution is 7.48. The van der Waals surface area contributed by atoms with Crippen LogP contribution in [0, 0.1) is 0 Å². The van der Waals surface area contributed by atoms with Crippen LogP contribution in [-0.4, -0.2) is 203 Å². The van der Waals surface area contributed by atoms with Crippen molar-refractivity contribution >= 4 is 69.3 Å². The van der Waals surface area contributed by atoms with E-state index in [9.17, 15) is 78.2 Å². The number of fused-ring (bicyclic) bond motifs is 2. The van der Waals surface area contributed by atoms with Crippen LogP contribution in [0.25, 0.3) is 22.3 Å². The van der Waals surface area contributed by atoms with Crippen molar-refractivity contribution in [3.63, 3.8) is 0 Å². The topological polar surface area (TPSA) is 627 Å². The Morgan fingerprint density at radius 1 is 0.554 bits per heavy atom. The summed E-state index contributed by atoms with van der Waals surface area (Å²) in [5, 5.41) is 66.1. The maximum atomic E-state index is 14.0. The Bertz CT molecular complexity index is 3810. The highest BCUT2D eigenvalue weighted by atomic mass is 31.2. The van der Waals surface area contributed by atoms with Gasteiger partial charge in [-0.1, -0.05) is 0 Å². The molecule has 0 saturated carbocycles. The number of hydrogen-bond donors (Lipinski definition) is 15. The third-order valence-electron chi connectivity index (χ3n) is 13.2. The van der Waals surface area contributed by atoms with E-state index in [0.717, 1.165) is 50.9 Å². The number of aliphatic hydroxyl groups is 6. The van der Waals surface area contributed by atoms with Crippen molar-refractivity contribution in [2.24, 2.45) is 0 Å². The largest absolute Gasteiger partial charge is 0.472 e. The number of hydrogen-bond acceptors (Lipinski definition) is 33. The first-order valence-electron chi connectivity index (χ1n) is 23.9. The van der Waals surface area contributed by atoms with Gasteiger partial charge < -0.3 is 87.2 Å². The fourth-order valence-corrected chi connectivity index (χ4v) is 12.2. The third-order valence-corrected chi connectivity index (χ3v) is 16.1. The van der Waals surface area contributed by atoms with E-state index in [-0.39, 0.29) is 34.0 Å². The molecule has 4 aliphatic heterocycles. The zero-order valence-corrected chi connectivity index (χ0v) is 44.3. The van der Waals surface area contributed by atoms with Gasteiger partial charge in [-0.25, -0.2) is 33.3 Å². The van der Waals surface area contributed by atoms with E-state index in [1.54, 1.807) is 0 Å². The van der Waals surface area contributed by atoms with Crippen molar-refractivity contribution in [3.8, 4) is 0 Å². The summed E-state index contributed by atoms with van der Waals surface area (Å²) in [6.07, 6.45) is -26.1. The Morgan fingerprint density at radius 2 is 1.02 bits per heavy atom. The molecule has 42 nitrogen and oxygen atoms in total. The van der Waals surface area contributed by atoms with Crippen molar-refractivity contribution in [2.45, 2.75) is 98.2 Å². The predicted molar refractivity (Wildman–Crippen MR) is 266 cm³/mol. The minimum Gasteiger partial charge on any atom is -0.394 e. The Morgan fingerprint density at radius 3 is 1.57 bits per heavy atom. The van der Waals surface area contributed by atoms with Crippen molar-refractivity contribution in [1.29, 1.82) is 0 Å². The molecule has 0 bridgehead atoms. The highest BCUT2D eigenvalue weighted by Crippen LogP contribution is 2.54. The van der Waals surface area contributed by atoms with Gasteiger partial charge in [-0.15, -0.1) is 0 Å². The van der Waals surface area contributed by atoms with E-state index in [2.05, 4.69) is 39.9 Å². The second-order valence-corrected chi connectivity index (χ2v) is 22.7. The predicted octanol–water partition coefficient (Wildman–Crippen LogP) is -7.01. The Labute approximate surface area is 458 Å². The summed E-state index contributed by atoms with van der Waals surface area (Å²) < 4.78 is 99.1. The monoisotopic (exact) mass is 1240 g/mol. The number of phosphoric ester groups is 3. The van der Waals surface area contributed by atoms with Gasteiger partial charge in [-0.2, -0.15) is 19.9 Å². The molecule has 0 spiro atoms. The zero-order chi connectivity index (χ0) is 59.8. The number of imidazole rings is 2. The minimum absolute atomic E-state index is 0.0333. The fraction of sp³-hybridized carbons (Fsp3) is 0.526. The standard InChI is InChI=1S/C38H49N16O26P3/c39-15-1-3-52(38(64)45-15)32-22(60)25(13(76-32)7-72-82(67,68)78-24-11(5-55)74-33(21(24)59)53-9-43-17-27(40)47-37(63)49-28(17)53)79-83(69,70)73-8-14-26(23(61)34(77-14)54-10-44-18-29(54)48-35(41)50-30(18)62)80-81(65,66)71-6-12-19(57)20(58)31(75-12)51-4-2-16(56)46-36(51)42/h1-4,9-14,19-26,31-34,55,57-61H,5-8H2,(H,65,66)(H,67,68)(H,69,70)(H2,39,45,64)(H2,42,46,56)(H3,40,47,49,63)(H3,41,48,50,62)/t11-,12-,13-,14-,19-,20-,21-,22-,23-,24-,25-,26-,31-,32-,33-,34-/m1/s1. The molecule has 6 aromatic rings. The third kappa shape index (κ3) is 12.0. The lowest BCUT2D eigenvalue weighted by Gasteiger charge is -2.26. The summed E-state index contributed by atoms with van der Waals surface area (Å²) in [5.41, 5.74) is 18.4. The van der Waals surface area contributed by atoms with Crippen LogP contribution in [0.4, 0.5) is 23.5 Å². The van der Waals surface area contributed by atoms with Gasteiger partial charge in [0.2, 0.25) is 11.9 Å². The van der Waals surface area contributed by atoms with Crippen molar-refractivity contribution in [3.05, 3.63) is 78.9 Å². The maximum Gasteiger partial charge on any atom is 0.472 e. The van der Waals surface area contributed by atoms with Gasteiger partial charge in [0.1, 0.15) is 90.4 Å². The van der Waals surface area contributed by atoms with Crippen LogP contribution in [0.15, 0.2) is 56.4 Å². The first-order valence-corrected chi connectivity index (χ1v) is 28.4. The number of nitrogen functional groups attached to an aromatic ring is 4. The summed E-state index contributed by atoms with van der Waals surface area (Å²) in [5.74, 6) is -1.37. The zero-order valence-electron chi connectivity index (χ0n) is 41.6. The summed E-state index contributed by atoms with van der Waals surface area (Å²) in [6, 6.07) is 2.06. The average molecular weight is 1240 g/mol. The van der Waals surface area contributed by atoms with Crippen molar-refractivity contribution in [1.82, 2.24) is 58.1 Å². The molecule has 0 amide bonds. The van der Waals surface area contributed by atoms with E-state index in [0.29, 0.717) is 4.57 Å². The molecule has 3 unspecified atom stereocenters. The number of ether oxygens (including phenoxy) is 4. The number of aromatic nitrogens is 12. The van der Waals surface area contributed by atoms with Gasteiger partial charge in [0.25, 0.3) is 11.1 Å². The second-order valence-electron chi connectivity index (χ2n) is 18.5. The molecule has 4 fully saturated rings.